The van der Waals surface area contributed by atoms with Crippen molar-refractivity contribution in [3.05, 3.63) is 120 Å². The highest BCUT2D eigenvalue weighted by atomic mass is 16.5. The van der Waals surface area contributed by atoms with E-state index < -0.39 is 0 Å². The average Bonchev–Trinajstić information content (AvgIpc) is 3.46. The third-order valence-electron chi connectivity index (χ3n) is 7.04. The second kappa shape index (κ2) is 15.4. The van der Waals surface area contributed by atoms with Gasteiger partial charge in [0.25, 0.3) is 5.91 Å². The zero-order valence-electron chi connectivity index (χ0n) is 24.6. The monoisotopic (exact) mass is 569 g/mol. The molecule has 0 N–H and O–H groups in total. The highest BCUT2D eigenvalue weighted by Gasteiger charge is 2.24. The molecule has 0 saturated heterocycles. The maximum Gasteiger partial charge on any atom is 0.254 e. The molecule has 8 heteroatoms. The first-order chi connectivity index (χ1) is 20.5. The second-order valence-corrected chi connectivity index (χ2v) is 10.0. The number of ether oxygens (including phenoxy) is 3. The molecule has 0 radical (unpaired) electrons. The van der Waals surface area contributed by atoms with Crippen LogP contribution in [0, 0.1) is 0 Å². The minimum absolute atomic E-state index is 0.0524. The first-order valence-corrected chi connectivity index (χ1v) is 14.0. The topological polar surface area (TPSA) is 73.2 Å². The molecule has 3 aromatic carbocycles. The van der Waals surface area contributed by atoms with E-state index >= 15 is 0 Å². The number of hydrogen-bond donors (Lipinski definition) is 0. The Morgan fingerprint density at radius 2 is 1.45 bits per heavy atom. The van der Waals surface area contributed by atoms with Gasteiger partial charge in [-0.25, -0.2) is 0 Å². The molecule has 4 rings (SSSR count). The van der Waals surface area contributed by atoms with Crippen molar-refractivity contribution in [1.29, 1.82) is 0 Å². The van der Waals surface area contributed by atoms with Crippen LogP contribution in [0.15, 0.2) is 97.2 Å². The Hall–Kier alpha value is -4.56. The lowest BCUT2D eigenvalue weighted by molar-refractivity contribution is -0.133. The minimum atomic E-state index is -0.223. The van der Waals surface area contributed by atoms with E-state index in [1.165, 1.54) is 0 Å². The molecule has 0 aliphatic carbocycles. The van der Waals surface area contributed by atoms with E-state index in [9.17, 15) is 9.59 Å². The number of nitrogens with zero attached hydrogens (tertiary/aromatic N) is 3. The number of methoxy groups -OCH3 is 3. The highest BCUT2D eigenvalue weighted by Crippen LogP contribution is 2.19. The van der Waals surface area contributed by atoms with E-state index in [-0.39, 0.29) is 18.4 Å². The number of amides is 2. The van der Waals surface area contributed by atoms with Crippen LogP contribution in [-0.2, 0) is 29.2 Å². The molecular formula is C34H39N3O5. The standard InChI is InChI=1S/C34H39N3O5/c1-40-20-10-19-36(34(39)29-14-8-17-32(22-29)42-3)26-33(38)37(23-27-11-5-4-6-12-27)25-30-15-9-18-35(30)24-28-13-7-16-31(21-28)41-2/h4-9,11-18,21-22H,10,19-20,23-26H2,1-3H3. The van der Waals surface area contributed by atoms with Crippen molar-refractivity contribution >= 4 is 11.8 Å². The predicted molar refractivity (Wildman–Crippen MR) is 163 cm³/mol. The summed E-state index contributed by atoms with van der Waals surface area (Å²) >= 11 is 0. The molecule has 2 amide bonds. The van der Waals surface area contributed by atoms with Crippen LogP contribution in [0.2, 0.25) is 0 Å². The maximum absolute atomic E-state index is 14.0. The first-order valence-electron chi connectivity index (χ1n) is 14.0. The Bertz CT molecular complexity index is 1440. The third-order valence-corrected chi connectivity index (χ3v) is 7.04. The largest absolute Gasteiger partial charge is 0.497 e. The zero-order valence-corrected chi connectivity index (χ0v) is 24.6. The van der Waals surface area contributed by atoms with Crippen molar-refractivity contribution in [2.45, 2.75) is 26.1 Å². The molecule has 0 aliphatic rings. The third kappa shape index (κ3) is 8.47. The Labute approximate surface area is 248 Å². The lowest BCUT2D eigenvalue weighted by atomic mass is 10.1. The molecule has 0 spiro atoms. The Morgan fingerprint density at radius 3 is 2.19 bits per heavy atom. The molecule has 1 heterocycles. The van der Waals surface area contributed by atoms with E-state index in [1.54, 1.807) is 50.5 Å². The van der Waals surface area contributed by atoms with Gasteiger partial charge >= 0.3 is 0 Å². The van der Waals surface area contributed by atoms with Gasteiger partial charge in [-0.05, 0) is 60.0 Å². The highest BCUT2D eigenvalue weighted by molar-refractivity contribution is 5.96. The van der Waals surface area contributed by atoms with Crippen molar-refractivity contribution in [3.63, 3.8) is 0 Å². The number of carbonyl (C=O) groups is 2. The first kappa shape index (κ1) is 30.4. The number of carbonyl (C=O) groups excluding carboxylic acids is 2. The van der Waals surface area contributed by atoms with Crippen molar-refractivity contribution in [2.24, 2.45) is 0 Å². The van der Waals surface area contributed by atoms with Gasteiger partial charge in [0.2, 0.25) is 5.91 Å². The maximum atomic E-state index is 14.0. The SMILES string of the molecule is COCCCN(CC(=O)N(Cc1ccccc1)Cc1cccn1Cc1cccc(OC)c1)C(=O)c1cccc(OC)c1. The summed E-state index contributed by atoms with van der Waals surface area (Å²) in [7, 11) is 4.85. The normalized spacial score (nSPS) is 10.7. The molecule has 0 fully saturated rings. The van der Waals surface area contributed by atoms with Gasteiger partial charge in [-0.1, -0.05) is 48.5 Å². The van der Waals surface area contributed by atoms with Crippen molar-refractivity contribution in [3.8, 4) is 11.5 Å². The Kier molecular flexibility index (Phi) is 11.2. The predicted octanol–water partition coefficient (Wildman–Crippen LogP) is 5.26. The molecule has 0 aliphatic heterocycles. The molecule has 42 heavy (non-hydrogen) atoms. The fourth-order valence-corrected chi connectivity index (χ4v) is 4.80. The lowest BCUT2D eigenvalue weighted by Gasteiger charge is -2.28. The van der Waals surface area contributed by atoms with Gasteiger partial charge in [0, 0.05) is 50.8 Å². The summed E-state index contributed by atoms with van der Waals surface area (Å²) in [5, 5.41) is 0. The van der Waals surface area contributed by atoms with E-state index in [0.717, 1.165) is 22.6 Å². The average molecular weight is 570 g/mol. The van der Waals surface area contributed by atoms with Crippen LogP contribution in [0.5, 0.6) is 11.5 Å². The minimum Gasteiger partial charge on any atom is -0.497 e. The van der Waals surface area contributed by atoms with E-state index in [1.807, 2.05) is 71.8 Å². The van der Waals surface area contributed by atoms with E-state index in [2.05, 4.69) is 10.6 Å². The van der Waals surface area contributed by atoms with Gasteiger partial charge in [0.1, 0.15) is 18.0 Å². The molecule has 1 aromatic heterocycles. The smallest absolute Gasteiger partial charge is 0.254 e. The molecule has 0 saturated carbocycles. The molecule has 8 nitrogen and oxygen atoms in total. The number of rotatable bonds is 15. The van der Waals surface area contributed by atoms with Crippen molar-refractivity contribution in [1.82, 2.24) is 14.4 Å². The van der Waals surface area contributed by atoms with Crippen molar-refractivity contribution in [2.75, 3.05) is 41.0 Å². The zero-order chi connectivity index (χ0) is 29.7. The Balaban J connectivity index is 1.57. The van der Waals surface area contributed by atoms with Crippen molar-refractivity contribution < 1.29 is 23.8 Å². The summed E-state index contributed by atoms with van der Waals surface area (Å²) in [6, 6.07) is 28.9. The summed E-state index contributed by atoms with van der Waals surface area (Å²) in [6.45, 7) is 2.28. The van der Waals surface area contributed by atoms with Crippen LogP contribution in [0.1, 0.15) is 33.6 Å². The summed E-state index contributed by atoms with van der Waals surface area (Å²) in [5.74, 6) is 1.03. The van der Waals surface area contributed by atoms with Gasteiger partial charge in [-0.2, -0.15) is 0 Å². The van der Waals surface area contributed by atoms with Gasteiger partial charge in [-0.3, -0.25) is 9.59 Å². The second-order valence-electron chi connectivity index (χ2n) is 10.0. The lowest BCUT2D eigenvalue weighted by Crippen LogP contribution is -2.43. The molecular weight excluding hydrogens is 530 g/mol. The van der Waals surface area contributed by atoms with Crippen LogP contribution in [0.4, 0.5) is 0 Å². The van der Waals surface area contributed by atoms with Gasteiger partial charge < -0.3 is 28.6 Å². The fraction of sp³-hybridized carbons (Fsp3) is 0.294. The molecule has 0 atom stereocenters. The Morgan fingerprint density at radius 1 is 0.738 bits per heavy atom. The summed E-state index contributed by atoms with van der Waals surface area (Å²) in [5.41, 5.74) is 3.58. The number of hydrogen-bond acceptors (Lipinski definition) is 5. The van der Waals surface area contributed by atoms with Gasteiger partial charge in [0.15, 0.2) is 0 Å². The molecule has 4 aromatic rings. The van der Waals surface area contributed by atoms with Crippen LogP contribution < -0.4 is 9.47 Å². The van der Waals surface area contributed by atoms with Gasteiger partial charge in [-0.15, -0.1) is 0 Å². The van der Waals surface area contributed by atoms with Crippen LogP contribution in [-0.4, -0.2) is 67.2 Å². The summed E-state index contributed by atoms with van der Waals surface area (Å²) in [4.78, 5) is 31.0. The summed E-state index contributed by atoms with van der Waals surface area (Å²) in [6.07, 6.45) is 2.63. The van der Waals surface area contributed by atoms with E-state index in [0.29, 0.717) is 50.5 Å². The molecule has 0 bridgehead atoms. The van der Waals surface area contributed by atoms with Gasteiger partial charge in [0.05, 0.1) is 20.8 Å². The quantitative estimate of drug-likeness (QED) is 0.183. The van der Waals surface area contributed by atoms with Crippen LogP contribution in [0.3, 0.4) is 0 Å². The van der Waals surface area contributed by atoms with E-state index in [4.69, 9.17) is 14.2 Å². The molecule has 0 unspecified atom stereocenters. The van der Waals surface area contributed by atoms with Crippen LogP contribution in [0.25, 0.3) is 0 Å². The number of benzene rings is 3. The fourth-order valence-electron chi connectivity index (χ4n) is 4.80. The number of aromatic nitrogens is 1. The molecule has 220 valence electrons. The van der Waals surface area contributed by atoms with Crippen LogP contribution >= 0.6 is 0 Å². The summed E-state index contributed by atoms with van der Waals surface area (Å²) < 4.78 is 18.1.